The van der Waals surface area contributed by atoms with Crippen LogP contribution < -0.4 is 15.4 Å². The number of amides is 1. The fourth-order valence-corrected chi connectivity index (χ4v) is 3.67. The Kier molecular flexibility index (Phi) is 5.22. The minimum absolute atomic E-state index is 0.0671. The summed E-state index contributed by atoms with van der Waals surface area (Å²) in [5.74, 6) is 2.85. The molecule has 0 atom stereocenters. The van der Waals surface area contributed by atoms with Crippen molar-refractivity contribution in [1.82, 2.24) is 29.8 Å². The fourth-order valence-electron chi connectivity index (χ4n) is 3.67. The van der Waals surface area contributed by atoms with Gasteiger partial charge < -0.3 is 20.4 Å². The monoisotopic (exact) mass is 434 g/mol. The van der Waals surface area contributed by atoms with Gasteiger partial charge in [-0.25, -0.2) is 19.9 Å². The Labute approximate surface area is 185 Å². The standard InChI is InChI=1S/C22H26N8O2/c1-29(2)7-8-32-17-6-3-13(10-24-17)12-30-18(31)9-15-19(23)27-21(28-22(15)30)20-25-11-16(26-20)14-4-5-14/h3,6,10-11,14H,4-5,7-9,12H2,1-2H3,(H,25,26)(H2,23,27,28). The van der Waals surface area contributed by atoms with Gasteiger partial charge in [-0.3, -0.25) is 9.69 Å². The quantitative estimate of drug-likeness (QED) is 0.549. The van der Waals surface area contributed by atoms with Crippen molar-refractivity contribution in [2.75, 3.05) is 37.9 Å². The van der Waals surface area contributed by atoms with Gasteiger partial charge in [0.2, 0.25) is 11.8 Å². The number of carbonyl (C=O) groups excluding carboxylic acids is 1. The highest BCUT2D eigenvalue weighted by Crippen LogP contribution is 2.40. The molecule has 10 nitrogen and oxygen atoms in total. The van der Waals surface area contributed by atoms with Crippen LogP contribution in [0.1, 0.15) is 35.6 Å². The zero-order valence-corrected chi connectivity index (χ0v) is 18.2. The van der Waals surface area contributed by atoms with E-state index in [2.05, 4.69) is 24.9 Å². The third-order valence-corrected chi connectivity index (χ3v) is 5.65. The molecule has 3 N–H and O–H groups in total. The fraction of sp³-hybridized carbons (Fsp3) is 0.409. The first-order valence-electron chi connectivity index (χ1n) is 10.7. The number of fused-ring (bicyclic) bond motifs is 1. The van der Waals surface area contributed by atoms with Crippen LogP contribution in [0.15, 0.2) is 24.5 Å². The Balaban J connectivity index is 1.35. The first-order valence-corrected chi connectivity index (χ1v) is 10.7. The number of pyridine rings is 1. The first kappa shape index (κ1) is 20.4. The van der Waals surface area contributed by atoms with E-state index in [1.54, 1.807) is 11.1 Å². The summed E-state index contributed by atoms with van der Waals surface area (Å²) in [5, 5.41) is 0. The smallest absolute Gasteiger partial charge is 0.233 e. The highest BCUT2D eigenvalue weighted by Gasteiger charge is 2.33. The van der Waals surface area contributed by atoms with E-state index in [4.69, 9.17) is 10.5 Å². The molecule has 0 saturated heterocycles. The summed E-state index contributed by atoms with van der Waals surface area (Å²) in [7, 11) is 3.98. The molecule has 1 saturated carbocycles. The maximum absolute atomic E-state index is 12.7. The molecule has 1 aliphatic carbocycles. The molecule has 32 heavy (non-hydrogen) atoms. The Hall–Kier alpha value is -3.53. The van der Waals surface area contributed by atoms with Crippen LogP contribution in [0.4, 0.5) is 11.6 Å². The minimum Gasteiger partial charge on any atom is -0.476 e. The minimum atomic E-state index is -0.0671. The van der Waals surface area contributed by atoms with E-state index in [0.717, 1.165) is 17.8 Å². The first-order chi connectivity index (χ1) is 15.5. The Morgan fingerprint density at radius 1 is 1.22 bits per heavy atom. The van der Waals surface area contributed by atoms with Crippen LogP contribution in [0, 0.1) is 0 Å². The SMILES string of the molecule is CN(C)CCOc1ccc(CN2C(=O)Cc3c(N)nc(-c4ncc(C5CC5)[nH]4)nc32)cn1. The molecule has 2 aliphatic rings. The second kappa shape index (κ2) is 8.19. The number of carbonyl (C=O) groups is 1. The number of imidazole rings is 1. The van der Waals surface area contributed by atoms with E-state index in [-0.39, 0.29) is 12.3 Å². The van der Waals surface area contributed by atoms with E-state index in [9.17, 15) is 4.79 Å². The van der Waals surface area contributed by atoms with Crippen LogP contribution in [-0.4, -0.2) is 63.0 Å². The molecule has 0 unspecified atom stereocenters. The number of hydrogen-bond donors (Lipinski definition) is 2. The van der Waals surface area contributed by atoms with Gasteiger partial charge in [-0.1, -0.05) is 6.07 Å². The lowest BCUT2D eigenvalue weighted by Crippen LogP contribution is -2.26. The van der Waals surface area contributed by atoms with Gasteiger partial charge in [0, 0.05) is 42.2 Å². The lowest BCUT2D eigenvalue weighted by atomic mass is 10.2. The third-order valence-electron chi connectivity index (χ3n) is 5.65. The van der Waals surface area contributed by atoms with Crippen molar-refractivity contribution in [2.24, 2.45) is 0 Å². The van der Waals surface area contributed by atoms with E-state index < -0.39 is 0 Å². The molecular formula is C22H26N8O2. The van der Waals surface area contributed by atoms with Gasteiger partial charge in [-0.2, -0.15) is 0 Å². The summed E-state index contributed by atoms with van der Waals surface area (Å²) in [5.41, 5.74) is 8.81. The van der Waals surface area contributed by atoms with Crippen molar-refractivity contribution in [3.8, 4) is 17.5 Å². The summed E-state index contributed by atoms with van der Waals surface area (Å²) < 4.78 is 5.64. The number of nitrogens with zero attached hydrogens (tertiary/aromatic N) is 6. The van der Waals surface area contributed by atoms with Gasteiger partial charge in [0.1, 0.15) is 18.2 Å². The summed E-state index contributed by atoms with van der Waals surface area (Å²) >= 11 is 0. The largest absolute Gasteiger partial charge is 0.476 e. The van der Waals surface area contributed by atoms with Gasteiger partial charge >= 0.3 is 0 Å². The van der Waals surface area contributed by atoms with Crippen molar-refractivity contribution in [3.63, 3.8) is 0 Å². The molecule has 1 amide bonds. The summed E-state index contributed by atoms with van der Waals surface area (Å²) in [6.07, 6.45) is 6.08. The number of anilines is 2. The number of nitrogens with two attached hydrogens (primary N) is 1. The van der Waals surface area contributed by atoms with Crippen LogP contribution in [0.2, 0.25) is 0 Å². The van der Waals surface area contributed by atoms with Gasteiger partial charge in [0.05, 0.1) is 13.0 Å². The number of hydrogen-bond acceptors (Lipinski definition) is 8. The maximum Gasteiger partial charge on any atom is 0.233 e. The number of rotatable bonds is 8. The number of nitrogen functional groups attached to an aromatic ring is 1. The molecule has 3 aromatic rings. The molecule has 166 valence electrons. The van der Waals surface area contributed by atoms with Crippen molar-refractivity contribution >= 4 is 17.5 Å². The van der Waals surface area contributed by atoms with Gasteiger partial charge in [0.25, 0.3) is 0 Å². The lowest BCUT2D eigenvalue weighted by Gasteiger charge is -2.17. The number of aromatic nitrogens is 5. The molecule has 0 aromatic carbocycles. The molecule has 4 heterocycles. The van der Waals surface area contributed by atoms with Crippen molar-refractivity contribution < 1.29 is 9.53 Å². The van der Waals surface area contributed by atoms with Crippen LogP contribution in [0.5, 0.6) is 5.88 Å². The van der Waals surface area contributed by atoms with Gasteiger partial charge in [-0.15, -0.1) is 0 Å². The Morgan fingerprint density at radius 2 is 2.06 bits per heavy atom. The van der Waals surface area contributed by atoms with E-state index >= 15 is 0 Å². The molecule has 0 spiro atoms. The number of H-pyrrole nitrogens is 1. The highest BCUT2D eigenvalue weighted by atomic mass is 16.5. The van der Waals surface area contributed by atoms with Crippen LogP contribution in [0.25, 0.3) is 11.6 Å². The van der Waals surface area contributed by atoms with E-state index in [0.29, 0.717) is 53.8 Å². The summed E-state index contributed by atoms with van der Waals surface area (Å²) in [6, 6.07) is 3.72. The summed E-state index contributed by atoms with van der Waals surface area (Å²) in [6.45, 7) is 1.72. The van der Waals surface area contributed by atoms with Crippen molar-refractivity contribution in [1.29, 1.82) is 0 Å². The molecule has 5 rings (SSSR count). The second-order valence-electron chi connectivity index (χ2n) is 8.51. The molecule has 3 aromatic heterocycles. The zero-order chi connectivity index (χ0) is 22.2. The lowest BCUT2D eigenvalue weighted by molar-refractivity contribution is -0.117. The average molecular weight is 435 g/mol. The third kappa shape index (κ3) is 4.13. The number of nitrogens with one attached hydrogen (secondary N) is 1. The highest BCUT2D eigenvalue weighted by molar-refractivity contribution is 6.01. The predicted molar refractivity (Wildman–Crippen MR) is 119 cm³/mol. The van der Waals surface area contributed by atoms with Crippen LogP contribution >= 0.6 is 0 Å². The second-order valence-corrected chi connectivity index (χ2v) is 8.51. The molecule has 0 radical (unpaired) electrons. The molecule has 0 bridgehead atoms. The maximum atomic E-state index is 12.7. The van der Waals surface area contributed by atoms with Crippen molar-refractivity contribution in [2.45, 2.75) is 31.7 Å². The summed E-state index contributed by atoms with van der Waals surface area (Å²) in [4.78, 5) is 37.5. The van der Waals surface area contributed by atoms with E-state index in [1.165, 1.54) is 12.8 Å². The topological polar surface area (TPSA) is 126 Å². The van der Waals surface area contributed by atoms with Gasteiger partial charge in [0.15, 0.2) is 11.6 Å². The van der Waals surface area contributed by atoms with Crippen LogP contribution in [0.3, 0.4) is 0 Å². The number of aromatic amines is 1. The number of likely N-dealkylation sites (N-methyl/N-ethyl adjacent to an activating group) is 1. The van der Waals surface area contributed by atoms with Gasteiger partial charge in [-0.05, 0) is 32.5 Å². The molecular weight excluding hydrogens is 408 g/mol. The average Bonchev–Trinajstić information content (AvgIpc) is 3.41. The predicted octanol–water partition coefficient (Wildman–Crippen LogP) is 1.75. The zero-order valence-electron chi connectivity index (χ0n) is 18.2. The van der Waals surface area contributed by atoms with E-state index in [1.807, 2.05) is 37.3 Å². The molecule has 10 heteroatoms. The molecule has 1 aliphatic heterocycles. The van der Waals surface area contributed by atoms with Crippen LogP contribution in [-0.2, 0) is 17.8 Å². The normalized spacial score (nSPS) is 15.5. The molecule has 1 fully saturated rings. The Morgan fingerprint density at radius 3 is 2.78 bits per heavy atom. The number of ether oxygens (including phenoxy) is 1. The Bertz CT molecular complexity index is 1140. The van der Waals surface area contributed by atoms with Crippen molar-refractivity contribution in [3.05, 3.63) is 41.3 Å².